The summed E-state index contributed by atoms with van der Waals surface area (Å²) in [6.45, 7) is 2.12. The van der Waals surface area contributed by atoms with E-state index in [9.17, 15) is 13.2 Å². The van der Waals surface area contributed by atoms with Crippen LogP contribution in [0.1, 0.15) is 30.9 Å². The van der Waals surface area contributed by atoms with Crippen LogP contribution in [0.15, 0.2) is 70.7 Å². The summed E-state index contributed by atoms with van der Waals surface area (Å²) in [5.41, 5.74) is 1.19. The van der Waals surface area contributed by atoms with Crippen LogP contribution in [0.25, 0.3) is 0 Å². The first kappa shape index (κ1) is 21.2. The summed E-state index contributed by atoms with van der Waals surface area (Å²) in [6.07, 6.45) is -0.657. The van der Waals surface area contributed by atoms with Gasteiger partial charge in [0, 0.05) is 23.8 Å². The molecule has 152 valence electrons. The molecular weight excluding hydrogens is 395 g/mol. The van der Waals surface area contributed by atoms with E-state index in [2.05, 4.69) is 16.9 Å². The summed E-state index contributed by atoms with van der Waals surface area (Å²) in [5, 5.41) is -0.105. The fourth-order valence-electron chi connectivity index (χ4n) is 2.92. The normalized spacial score (nSPS) is 11.5. The lowest BCUT2D eigenvalue weighted by Crippen LogP contribution is -2.17. The third-order valence-electron chi connectivity index (χ3n) is 4.46. The minimum Gasteiger partial charge on any atom is -0.313 e. The second kappa shape index (κ2) is 9.31. The van der Waals surface area contributed by atoms with Gasteiger partial charge in [-0.3, -0.25) is 0 Å². The van der Waals surface area contributed by atoms with Gasteiger partial charge in [0.1, 0.15) is 10.6 Å². The van der Waals surface area contributed by atoms with Gasteiger partial charge < -0.3 is 4.90 Å². The molecule has 0 saturated carbocycles. The van der Waals surface area contributed by atoms with Gasteiger partial charge >= 0.3 is 6.18 Å². The van der Waals surface area contributed by atoms with Crippen LogP contribution in [0, 0.1) is 0 Å². The first-order valence-corrected chi connectivity index (χ1v) is 10.2. The fraction of sp³-hybridized carbons (Fsp3) is 0.273. The highest BCUT2D eigenvalue weighted by molar-refractivity contribution is 7.99. The third kappa shape index (κ3) is 5.29. The number of alkyl halides is 3. The number of rotatable bonds is 7. The van der Waals surface area contributed by atoms with Crippen LogP contribution in [-0.2, 0) is 12.6 Å². The van der Waals surface area contributed by atoms with E-state index in [0.717, 1.165) is 48.5 Å². The Morgan fingerprint density at radius 2 is 1.69 bits per heavy atom. The molecule has 0 aliphatic rings. The molecule has 0 aliphatic carbocycles. The Bertz CT molecular complexity index is 946. The minimum atomic E-state index is -4.52. The summed E-state index contributed by atoms with van der Waals surface area (Å²) in [5.74, 6) is 0.236. The molecular formula is C22H22F3N3S. The lowest BCUT2D eigenvalue weighted by atomic mass is 10.1. The number of unbranched alkanes of at least 4 members (excludes halogenated alkanes) is 1. The molecule has 29 heavy (non-hydrogen) atoms. The summed E-state index contributed by atoms with van der Waals surface area (Å²) in [6, 6.07) is 16.8. The highest BCUT2D eigenvalue weighted by Gasteiger charge is 2.35. The summed E-state index contributed by atoms with van der Waals surface area (Å²) < 4.78 is 40.5. The van der Waals surface area contributed by atoms with Crippen LogP contribution >= 0.6 is 11.8 Å². The summed E-state index contributed by atoms with van der Waals surface area (Å²) in [4.78, 5) is 10.8. The monoisotopic (exact) mass is 417 g/mol. The van der Waals surface area contributed by atoms with Gasteiger partial charge in [-0.2, -0.15) is 13.2 Å². The van der Waals surface area contributed by atoms with Crippen molar-refractivity contribution in [2.24, 2.45) is 0 Å². The van der Waals surface area contributed by atoms with Crippen molar-refractivity contribution in [2.75, 3.05) is 11.9 Å². The van der Waals surface area contributed by atoms with E-state index in [4.69, 9.17) is 0 Å². The lowest BCUT2D eigenvalue weighted by Gasteiger charge is -2.22. The molecule has 0 radical (unpaired) electrons. The quantitative estimate of drug-likeness (QED) is 0.397. The molecule has 7 heteroatoms. The second-order valence-corrected chi connectivity index (χ2v) is 7.66. The number of anilines is 2. The highest BCUT2D eigenvalue weighted by atomic mass is 32.2. The Morgan fingerprint density at radius 3 is 2.38 bits per heavy atom. The standard InChI is InChI=1S/C22H22F3N3S/c1-3-4-10-16-11-8-9-14-19(16)28(2)21-26-15-18(22(23,24)25)20(27-21)29-17-12-6-5-7-13-17/h5-9,11-15H,3-4,10H2,1-2H3. The van der Waals surface area contributed by atoms with Crippen LogP contribution in [0.3, 0.4) is 0 Å². The molecule has 3 nitrogen and oxygen atoms in total. The van der Waals surface area contributed by atoms with Crippen molar-refractivity contribution >= 4 is 23.4 Å². The van der Waals surface area contributed by atoms with Crippen LogP contribution < -0.4 is 4.90 Å². The molecule has 0 amide bonds. The molecule has 0 atom stereocenters. The molecule has 3 aromatic rings. The molecule has 0 saturated heterocycles. The van der Waals surface area contributed by atoms with Crippen molar-refractivity contribution < 1.29 is 13.2 Å². The minimum absolute atomic E-state index is 0.105. The molecule has 0 N–H and O–H groups in total. The predicted molar refractivity (Wildman–Crippen MR) is 111 cm³/mol. The zero-order valence-electron chi connectivity index (χ0n) is 16.3. The van der Waals surface area contributed by atoms with Crippen molar-refractivity contribution in [1.82, 2.24) is 9.97 Å². The van der Waals surface area contributed by atoms with Gasteiger partial charge in [-0.15, -0.1) is 0 Å². The van der Waals surface area contributed by atoms with E-state index < -0.39 is 11.7 Å². The first-order valence-electron chi connectivity index (χ1n) is 9.39. The smallest absolute Gasteiger partial charge is 0.313 e. The van der Waals surface area contributed by atoms with E-state index in [-0.39, 0.29) is 11.0 Å². The topological polar surface area (TPSA) is 29.0 Å². The zero-order chi connectivity index (χ0) is 20.9. The maximum atomic E-state index is 13.5. The number of benzene rings is 2. The van der Waals surface area contributed by atoms with Crippen molar-refractivity contribution in [2.45, 2.75) is 42.3 Å². The average molecular weight is 418 g/mol. The van der Waals surface area contributed by atoms with Crippen molar-refractivity contribution in [3.8, 4) is 0 Å². The number of hydrogen-bond acceptors (Lipinski definition) is 4. The van der Waals surface area contributed by atoms with Crippen molar-refractivity contribution in [3.05, 3.63) is 71.9 Å². The van der Waals surface area contributed by atoms with Crippen LogP contribution in [0.2, 0.25) is 0 Å². The number of para-hydroxylation sites is 1. The Balaban J connectivity index is 1.99. The molecule has 0 unspecified atom stereocenters. The van der Waals surface area contributed by atoms with Gasteiger partial charge in [0.15, 0.2) is 0 Å². The number of nitrogens with zero attached hydrogens (tertiary/aromatic N) is 3. The Kier molecular flexibility index (Phi) is 6.79. The maximum absolute atomic E-state index is 13.5. The van der Waals surface area contributed by atoms with E-state index in [1.807, 2.05) is 30.3 Å². The van der Waals surface area contributed by atoms with Crippen molar-refractivity contribution in [3.63, 3.8) is 0 Å². The van der Waals surface area contributed by atoms with Crippen molar-refractivity contribution in [1.29, 1.82) is 0 Å². The van der Waals surface area contributed by atoms with E-state index in [0.29, 0.717) is 4.90 Å². The third-order valence-corrected chi connectivity index (χ3v) is 5.47. The number of halogens is 3. The molecule has 0 aliphatic heterocycles. The highest BCUT2D eigenvalue weighted by Crippen LogP contribution is 2.39. The van der Waals surface area contributed by atoms with Gasteiger partial charge in [0.05, 0.1) is 0 Å². The Labute approximate surface area is 173 Å². The Morgan fingerprint density at radius 1 is 1.00 bits per heavy atom. The number of aryl methyl sites for hydroxylation is 1. The second-order valence-electron chi connectivity index (χ2n) is 6.59. The average Bonchev–Trinajstić information content (AvgIpc) is 2.72. The number of aromatic nitrogens is 2. The van der Waals surface area contributed by atoms with E-state index in [1.54, 1.807) is 36.2 Å². The van der Waals surface area contributed by atoms with Gasteiger partial charge in [-0.05, 0) is 36.6 Å². The molecule has 0 fully saturated rings. The maximum Gasteiger partial charge on any atom is 0.420 e. The molecule has 3 rings (SSSR count). The zero-order valence-corrected chi connectivity index (χ0v) is 17.1. The van der Waals surface area contributed by atoms with Crippen LogP contribution in [0.4, 0.5) is 24.8 Å². The SMILES string of the molecule is CCCCc1ccccc1N(C)c1ncc(C(F)(F)F)c(Sc2ccccc2)n1. The molecule has 0 spiro atoms. The molecule has 0 bridgehead atoms. The summed E-state index contributed by atoms with van der Waals surface area (Å²) in [7, 11) is 1.78. The van der Waals surface area contributed by atoms with Crippen LogP contribution in [0.5, 0.6) is 0 Å². The van der Waals surface area contributed by atoms with Gasteiger partial charge in [0.25, 0.3) is 0 Å². The fourth-order valence-corrected chi connectivity index (χ4v) is 3.84. The molecule has 2 aromatic carbocycles. The number of hydrogen-bond donors (Lipinski definition) is 0. The lowest BCUT2D eigenvalue weighted by molar-refractivity contribution is -0.140. The van der Waals surface area contributed by atoms with Gasteiger partial charge in [-0.1, -0.05) is 61.5 Å². The molecule has 1 heterocycles. The van der Waals surface area contributed by atoms with Gasteiger partial charge in [0.2, 0.25) is 5.95 Å². The largest absolute Gasteiger partial charge is 0.420 e. The summed E-state index contributed by atoms with van der Waals surface area (Å²) >= 11 is 0.988. The van der Waals surface area contributed by atoms with Crippen LogP contribution in [-0.4, -0.2) is 17.0 Å². The van der Waals surface area contributed by atoms with E-state index >= 15 is 0 Å². The predicted octanol–water partition coefficient (Wildman–Crippen LogP) is 6.76. The Hall–Kier alpha value is -2.54. The van der Waals surface area contributed by atoms with E-state index in [1.165, 1.54) is 0 Å². The first-order chi connectivity index (χ1) is 13.9. The van der Waals surface area contributed by atoms with Gasteiger partial charge in [-0.25, -0.2) is 9.97 Å². The molecule has 1 aromatic heterocycles.